The minimum absolute atomic E-state index is 0.0185. The van der Waals surface area contributed by atoms with Gasteiger partial charge in [0.15, 0.2) is 0 Å². The summed E-state index contributed by atoms with van der Waals surface area (Å²) in [6, 6.07) is 5.01. The van der Waals surface area contributed by atoms with Gasteiger partial charge in [-0.2, -0.15) is 0 Å². The Bertz CT molecular complexity index is 1230. The minimum atomic E-state index is -1.03. The number of fused-ring (bicyclic) bond motifs is 1. The number of nitrogens with zero attached hydrogens (tertiary/aromatic N) is 3. The summed E-state index contributed by atoms with van der Waals surface area (Å²) in [6.45, 7) is 5.95. The lowest BCUT2D eigenvalue weighted by atomic mass is 9.83. The molecule has 2 saturated heterocycles. The summed E-state index contributed by atoms with van der Waals surface area (Å²) in [6.07, 6.45) is 5.57. The molecule has 3 heterocycles. The molecule has 3 fully saturated rings. The van der Waals surface area contributed by atoms with E-state index < -0.39 is 47.9 Å². The summed E-state index contributed by atoms with van der Waals surface area (Å²) >= 11 is 0. The molecule has 1 saturated carbocycles. The monoisotopic (exact) mass is 595 g/mol. The quantitative estimate of drug-likeness (QED) is 0.353. The summed E-state index contributed by atoms with van der Waals surface area (Å²) < 4.78 is 0. The first kappa shape index (κ1) is 31.0. The van der Waals surface area contributed by atoms with E-state index in [0.717, 1.165) is 56.3 Å². The highest BCUT2D eigenvalue weighted by Gasteiger charge is 2.48. The van der Waals surface area contributed by atoms with E-state index in [9.17, 15) is 29.1 Å². The van der Waals surface area contributed by atoms with Crippen LogP contribution in [0.4, 0.5) is 4.79 Å². The smallest absolute Gasteiger partial charge is 0.407 e. The number of hydrogen-bond acceptors (Lipinski definition) is 6. The Morgan fingerprint density at radius 2 is 1.72 bits per heavy atom. The second-order valence-electron chi connectivity index (χ2n) is 12.6. The molecule has 3 aliphatic heterocycles. The third-order valence-electron chi connectivity index (χ3n) is 9.59. The molecule has 0 spiro atoms. The topological polar surface area (TPSA) is 139 Å². The van der Waals surface area contributed by atoms with E-state index in [4.69, 9.17) is 0 Å². The predicted octanol–water partition coefficient (Wildman–Crippen LogP) is 2.49. The average Bonchev–Trinajstić information content (AvgIpc) is 3.73. The Labute approximate surface area is 253 Å². The number of Topliss-reactive ketones (excluding diaryl/α,β-unsaturated/α-hetero) is 1. The van der Waals surface area contributed by atoms with Crippen LogP contribution in [0.15, 0.2) is 24.3 Å². The van der Waals surface area contributed by atoms with E-state index in [1.807, 2.05) is 38.1 Å². The number of hydrogen-bond donors (Lipinski definition) is 3. The fourth-order valence-corrected chi connectivity index (χ4v) is 7.08. The highest BCUT2D eigenvalue weighted by molar-refractivity contribution is 6.38. The van der Waals surface area contributed by atoms with Crippen molar-refractivity contribution >= 4 is 29.6 Å². The van der Waals surface area contributed by atoms with Crippen LogP contribution < -0.4 is 10.6 Å². The average molecular weight is 596 g/mol. The van der Waals surface area contributed by atoms with Crippen molar-refractivity contribution in [1.29, 1.82) is 0 Å². The zero-order chi connectivity index (χ0) is 30.7. The highest BCUT2D eigenvalue weighted by atomic mass is 16.4. The third kappa shape index (κ3) is 6.87. The zero-order valence-corrected chi connectivity index (χ0v) is 25.3. The summed E-state index contributed by atoms with van der Waals surface area (Å²) in [4.78, 5) is 71.3. The van der Waals surface area contributed by atoms with E-state index in [1.165, 1.54) is 4.90 Å². The zero-order valence-electron chi connectivity index (χ0n) is 25.3. The van der Waals surface area contributed by atoms with Gasteiger partial charge in [0.2, 0.25) is 17.6 Å². The van der Waals surface area contributed by atoms with Gasteiger partial charge in [0, 0.05) is 25.0 Å². The SMILES string of the molecule is CCCC(NC(=O)C1CC(C2c3ccccc3CCN2C(=O)O)CN1C(=O)C(C)N1CCCCC1)C(=O)C(=O)NC1CC1. The van der Waals surface area contributed by atoms with Crippen LogP contribution in [-0.2, 0) is 25.6 Å². The van der Waals surface area contributed by atoms with Gasteiger partial charge in [-0.3, -0.25) is 24.1 Å². The van der Waals surface area contributed by atoms with Gasteiger partial charge in [-0.25, -0.2) is 4.79 Å². The fourth-order valence-electron chi connectivity index (χ4n) is 7.08. The summed E-state index contributed by atoms with van der Waals surface area (Å²) in [7, 11) is 0. The molecule has 0 aromatic heterocycles. The van der Waals surface area contributed by atoms with Gasteiger partial charge in [-0.1, -0.05) is 44.0 Å². The Morgan fingerprint density at radius 1 is 1.00 bits per heavy atom. The Morgan fingerprint density at radius 3 is 2.40 bits per heavy atom. The number of carbonyl (C=O) groups excluding carboxylic acids is 4. The maximum atomic E-state index is 14.1. The summed E-state index contributed by atoms with van der Waals surface area (Å²) in [5, 5.41) is 15.7. The number of carbonyl (C=O) groups is 5. The Balaban J connectivity index is 1.41. The number of carboxylic acid groups (broad SMARTS) is 1. The molecule has 0 bridgehead atoms. The largest absolute Gasteiger partial charge is 0.465 e. The maximum Gasteiger partial charge on any atom is 0.407 e. The number of amides is 4. The van der Waals surface area contributed by atoms with Crippen molar-refractivity contribution in [3.63, 3.8) is 0 Å². The number of piperidine rings is 1. The molecule has 234 valence electrons. The van der Waals surface area contributed by atoms with Gasteiger partial charge in [0.05, 0.1) is 18.1 Å². The van der Waals surface area contributed by atoms with Crippen molar-refractivity contribution in [3.05, 3.63) is 35.4 Å². The van der Waals surface area contributed by atoms with E-state index in [-0.39, 0.29) is 30.8 Å². The molecule has 11 nitrogen and oxygen atoms in total. The molecule has 1 aliphatic carbocycles. The van der Waals surface area contributed by atoms with Gasteiger partial charge in [0.1, 0.15) is 6.04 Å². The molecular formula is C32H45N5O6. The van der Waals surface area contributed by atoms with Crippen molar-refractivity contribution in [3.8, 4) is 0 Å². The molecule has 3 N–H and O–H groups in total. The van der Waals surface area contributed by atoms with E-state index in [0.29, 0.717) is 25.8 Å². The van der Waals surface area contributed by atoms with Crippen molar-refractivity contribution in [2.45, 2.75) is 102 Å². The van der Waals surface area contributed by atoms with Crippen LogP contribution in [0.25, 0.3) is 0 Å². The van der Waals surface area contributed by atoms with Crippen LogP contribution in [0.1, 0.15) is 82.4 Å². The van der Waals surface area contributed by atoms with Gasteiger partial charge in [-0.15, -0.1) is 0 Å². The lowest BCUT2D eigenvalue weighted by Gasteiger charge is -2.39. The summed E-state index contributed by atoms with van der Waals surface area (Å²) in [5.41, 5.74) is 1.99. The first-order valence-corrected chi connectivity index (χ1v) is 16.0. The van der Waals surface area contributed by atoms with Gasteiger partial charge in [0.25, 0.3) is 5.91 Å². The molecule has 5 unspecified atom stereocenters. The molecule has 4 aliphatic rings. The fraction of sp³-hybridized carbons (Fsp3) is 0.656. The van der Waals surface area contributed by atoms with Crippen LogP contribution in [-0.4, -0.2) is 99.8 Å². The van der Waals surface area contributed by atoms with Crippen LogP contribution in [0.2, 0.25) is 0 Å². The predicted molar refractivity (Wildman–Crippen MR) is 159 cm³/mol. The number of benzene rings is 1. The number of ketones is 1. The van der Waals surface area contributed by atoms with Crippen LogP contribution in [0.5, 0.6) is 0 Å². The van der Waals surface area contributed by atoms with Crippen molar-refractivity contribution in [2.24, 2.45) is 5.92 Å². The molecule has 11 heteroatoms. The van der Waals surface area contributed by atoms with Crippen LogP contribution >= 0.6 is 0 Å². The molecule has 1 aromatic rings. The van der Waals surface area contributed by atoms with E-state index in [1.54, 1.807) is 4.90 Å². The molecular weight excluding hydrogens is 550 g/mol. The summed E-state index contributed by atoms with van der Waals surface area (Å²) in [5.74, 6) is -2.31. The Kier molecular flexibility index (Phi) is 9.68. The second-order valence-corrected chi connectivity index (χ2v) is 12.6. The van der Waals surface area contributed by atoms with E-state index in [2.05, 4.69) is 15.5 Å². The minimum Gasteiger partial charge on any atom is -0.465 e. The van der Waals surface area contributed by atoms with Gasteiger partial charge >= 0.3 is 6.09 Å². The van der Waals surface area contributed by atoms with Gasteiger partial charge in [-0.05, 0) is 76.1 Å². The lowest BCUT2D eigenvalue weighted by molar-refractivity contribution is -0.144. The normalized spacial score (nSPS) is 25.4. The second kappa shape index (κ2) is 13.4. The third-order valence-corrected chi connectivity index (χ3v) is 9.59. The first-order valence-electron chi connectivity index (χ1n) is 16.0. The van der Waals surface area contributed by atoms with Crippen molar-refractivity contribution in [1.82, 2.24) is 25.3 Å². The highest BCUT2D eigenvalue weighted by Crippen LogP contribution is 2.42. The molecule has 5 rings (SSSR count). The number of nitrogens with one attached hydrogen (secondary N) is 2. The van der Waals surface area contributed by atoms with Gasteiger partial charge < -0.3 is 25.5 Å². The number of rotatable bonds is 10. The molecule has 4 amide bonds. The maximum absolute atomic E-state index is 14.1. The first-order chi connectivity index (χ1) is 20.7. The Hall–Kier alpha value is -3.47. The number of likely N-dealkylation sites (tertiary alicyclic amines) is 2. The standard InChI is InChI=1S/C32H45N5O6/c1-3-9-25(28(38)30(40)33-23-12-13-23)34-29(39)26-18-22(19-37(26)31(41)20(2)35-15-7-4-8-16-35)27-24-11-6-5-10-21(24)14-17-36(27)32(42)43/h5-6,10-11,20,22-23,25-27H,3-4,7-9,12-19H2,1-2H3,(H,33,40)(H,34,39)(H,42,43). The molecule has 0 radical (unpaired) electrons. The van der Waals surface area contributed by atoms with E-state index >= 15 is 0 Å². The molecule has 1 aromatic carbocycles. The molecule has 43 heavy (non-hydrogen) atoms. The van der Waals surface area contributed by atoms with Crippen LogP contribution in [0, 0.1) is 5.92 Å². The molecule has 5 atom stereocenters. The van der Waals surface area contributed by atoms with Crippen LogP contribution in [0.3, 0.4) is 0 Å². The van der Waals surface area contributed by atoms with Crippen molar-refractivity contribution < 1.29 is 29.1 Å². The lowest BCUT2D eigenvalue weighted by Crippen LogP contribution is -2.56. The van der Waals surface area contributed by atoms with Crippen molar-refractivity contribution in [2.75, 3.05) is 26.2 Å².